The van der Waals surface area contributed by atoms with Crippen molar-refractivity contribution in [2.24, 2.45) is 0 Å². The fourth-order valence-electron chi connectivity index (χ4n) is 5.83. The normalized spacial score (nSPS) is 14.9. The van der Waals surface area contributed by atoms with Gasteiger partial charge in [0.1, 0.15) is 5.76 Å². The third kappa shape index (κ3) is 3.85. The standard InChI is InChI=1S/C36H31NO2/c1-22-14-18-26(19-15-22)37-21-30(28-12-8-9-13-31(28)37)32-34(38)29(35(32)39)20-24(3)36(4,5)33-23(2)16-17-25-10-6-7-11-27(25)33/h6-21,38H,3H2,1-2,4-5H3/b29-20-. The second-order valence-electron chi connectivity index (χ2n) is 11.0. The lowest BCUT2D eigenvalue weighted by atomic mass is 9.72. The number of ketones is 1. The number of aliphatic hydroxyl groups excluding tert-OH is 1. The number of aliphatic hydroxyl groups is 1. The summed E-state index contributed by atoms with van der Waals surface area (Å²) in [6.45, 7) is 12.8. The summed E-state index contributed by atoms with van der Waals surface area (Å²) in [5.41, 5.74) is 7.26. The molecule has 1 N–H and O–H groups in total. The molecular formula is C36H31NO2. The van der Waals surface area contributed by atoms with Crippen LogP contribution in [0.5, 0.6) is 0 Å². The summed E-state index contributed by atoms with van der Waals surface area (Å²) in [7, 11) is 0. The van der Waals surface area contributed by atoms with E-state index in [1.807, 2.05) is 42.6 Å². The van der Waals surface area contributed by atoms with E-state index < -0.39 is 5.41 Å². The molecule has 1 aliphatic rings. The number of para-hydroxylation sites is 1. The molecule has 0 unspecified atom stereocenters. The smallest absolute Gasteiger partial charge is 0.201 e. The molecule has 0 saturated heterocycles. The van der Waals surface area contributed by atoms with Gasteiger partial charge in [0, 0.05) is 28.2 Å². The number of nitrogens with zero attached hydrogens (tertiary/aromatic N) is 1. The van der Waals surface area contributed by atoms with E-state index in [4.69, 9.17) is 0 Å². The minimum Gasteiger partial charge on any atom is -0.506 e. The Hall–Kier alpha value is -4.63. The van der Waals surface area contributed by atoms with Gasteiger partial charge in [-0.1, -0.05) is 92.7 Å². The van der Waals surface area contributed by atoms with Crippen LogP contribution in [0.1, 0.15) is 36.1 Å². The zero-order valence-electron chi connectivity index (χ0n) is 22.7. The number of Topliss-reactive ketones (excluding diaryl/α,β-unsaturated/α-hetero) is 1. The van der Waals surface area contributed by atoms with Gasteiger partial charge in [-0.3, -0.25) is 4.79 Å². The Morgan fingerprint density at radius 3 is 2.26 bits per heavy atom. The van der Waals surface area contributed by atoms with Gasteiger partial charge in [-0.05, 0) is 65.6 Å². The molecule has 0 radical (unpaired) electrons. The molecule has 0 saturated carbocycles. The summed E-state index contributed by atoms with van der Waals surface area (Å²) in [6, 6.07) is 28.8. The van der Waals surface area contributed by atoms with Gasteiger partial charge in [0.25, 0.3) is 0 Å². The average Bonchev–Trinajstić information content (AvgIpc) is 3.30. The van der Waals surface area contributed by atoms with Crippen molar-refractivity contribution in [2.45, 2.75) is 33.1 Å². The lowest BCUT2D eigenvalue weighted by Crippen LogP contribution is -2.25. The van der Waals surface area contributed by atoms with Crippen LogP contribution in [-0.2, 0) is 10.2 Å². The van der Waals surface area contributed by atoms with Gasteiger partial charge in [-0.15, -0.1) is 0 Å². The van der Waals surface area contributed by atoms with E-state index in [-0.39, 0.29) is 11.5 Å². The summed E-state index contributed by atoms with van der Waals surface area (Å²) in [4.78, 5) is 13.5. The Morgan fingerprint density at radius 2 is 1.54 bits per heavy atom. The number of benzene rings is 4. The van der Waals surface area contributed by atoms with Gasteiger partial charge in [0.05, 0.1) is 16.7 Å². The molecule has 0 spiro atoms. The molecule has 0 atom stereocenters. The Bertz CT molecular complexity index is 1880. The summed E-state index contributed by atoms with van der Waals surface area (Å²) in [5.74, 6) is -0.135. The van der Waals surface area contributed by atoms with E-state index in [1.54, 1.807) is 6.08 Å². The Labute approximate surface area is 229 Å². The number of aromatic nitrogens is 1. The van der Waals surface area contributed by atoms with Crippen molar-refractivity contribution in [1.29, 1.82) is 0 Å². The molecule has 192 valence electrons. The predicted octanol–water partition coefficient (Wildman–Crippen LogP) is 8.71. The molecule has 0 aliphatic heterocycles. The van der Waals surface area contributed by atoms with Crippen molar-refractivity contribution in [1.82, 2.24) is 4.57 Å². The van der Waals surface area contributed by atoms with Gasteiger partial charge in [0.15, 0.2) is 0 Å². The Morgan fingerprint density at radius 1 is 0.872 bits per heavy atom. The van der Waals surface area contributed by atoms with Gasteiger partial charge in [0.2, 0.25) is 5.78 Å². The third-order valence-corrected chi connectivity index (χ3v) is 8.14. The highest BCUT2D eigenvalue weighted by Crippen LogP contribution is 2.44. The molecule has 0 amide bonds. The first kappa shape index (κ1) is 24.7. The molecule has 3 heteroatoms. The predicted molar refractivity (Wildman–Crippen MR) is 162 cm³/mol. The molecular weight excluding hydrogens is 478 g/mol. The molecule has 1 aromatic heterocycles. The van der Waals surface area contributed by atoms with Crippen LogP contribution in [-0.4, -0.2) is 15.5 Å². The SMILES string of the molecule is C=C(/C=C1\C(=O)C(c2cn(-c3ccc(C)cc3)c3ccccc23)=C1O)C(C)(C)c1c(C)ccc2ccccc12. The molecule has 1 aliphatic carbocycles. The molecule has 1 heterocycles. The van der Waals surface area contributed by atoms with E-state index in [0.29, 0.717) is 11.1 Å². The maximum absolute atomic E-state index is 13.5. The first-order valence-corrected chi connectivity index (χ1v) is 13.2. The Balaban J connectivity index is 1.42. The highest BCUT2D eigenvalue weighted by Gasteiger charge is 2.38. The number of hydrogen-bond acceptors (Lipinski definition) is 2. The zero-order valence-corrected chi connectivity index (χ0v) is 22.7. The number of carbonyl (C=O) groups is 1. The van der Waals surface area contributed by atoms with Crippen molar-refractivity contribution in [3.05, 3.63) is 143 Å². The minimum absolute atomic E-state index is 0.0263. The highest BCUT2D eigenvalue weighted by molar-refractivity contribution is 6.40. The average molecular weight is 510 g/mol. The number of rotatable bonds is 5. The topological polar surface area (TPSA) is 42.2 Å². The van der Waals surface area contributed by atoms with E-state index in [9.17, 15) is 9.90 Å². The molecule has 5 aromatic rings. The first-order chi connectivity index (χ1) is 18.7. The highest BCUT2D eigenvalue weighted by atomic mass is 16.3. The number of aryl methyl sites for hydroxylation is 2. The second kappa shape index (κ2) is 8.99. The van der Waals surface area contributed by atoms with Crippen LogP contribution < -0.4 is 0 Å². The lowest BCUT2D eigenvalue weighted by molar-refractivity contribution is -0.111. The van der Waals surface area contributed by atoms with Gasteiger partial charge in [-0.2, -0.15) is 0 Å². The quantitative estimate of drug-likeness (QED) is 0.241. The fourth-order valence-corrected chi connectivity index (χ4v) is 5.83. The minimum atomic E-state index is -0.449. The van der Waals surface area contributed by atoms with Gasteiger partial charge in [-0.25, -0.2) is 0 Å². The van der Waals surface area contributed by atoms with Crippen LogP contribution in [0.3, 0.4) is 0 Å². The van der Waals surface area contributed by atoms with Crippen LogP contribution in [0.15, 0.2) is 121 Å². The monoisotopic (exact) mass is 509 g/mol. The van der Waals surface area contributed by atoms with Crippen LogP contribution in [0.2, 0.25) is 0 Å². The van der Waals surface area contributed by atoms with Crippen LogP contribution in [0.4, 0.5) is 0 Å². The molecule has 39 heavy (non-hydrogen) atoms. The summed E-state index contributed by atoms with van der Waals surface area (Å²) in [6.07, 6.45) is 3.72. The fraction of sp³-hybridized carbons (Fsp3) is 0.139. The molecule has 0 fully saturated rings. The van der Waals surface area contributed by atoms with Crippen molar-refractivity contribution in [3.63, 3.8) is 0 Å². The molecule has 3 nitrogen and oxygen atoms in total. The van der Waals surface area contributed by atoms with Crippen molar-refractivity contribution in [3.8, 4) is 5.69 Å². The van der Waals surface area contributed by atoms with Crippen molar-refractivity contribution in [2.75, 3.05) is 0 Å². The third-order valence-electron chi connectivity index (χ3n) is 8.14. The van der Waals surface area contributed by atoms with Crippen LogP contribution in [0, 0.1) is 13.8 Å². The van der Waals surface area contributed by atoms with Crippen LogP contribution in [0.25, 0.3) is 32.9 Å². The molecule has 0 bridgehead atoms. The number of carbonyl (C=O) groups excluding carboxylic acids is 1. The zero-order chi connectivity index (χ0) is 27.5. The molecule has 6 rings (SSSR count). The van der Waals surface area contributed by atoms with E-state index >= 15 is 0 Å². The maximum atomic E-state index is 13.5. The number of allylic oxidation sites excluding steroid dienone is 4. The maximum Gasteiger partial charge on any atom is 0.201 e. The number of fused-ring (bicyclic) bond motifs is 2. The van der Waals surface area contributed by atoms with Crippen LogP contribution >= 0.6 is 0 Å². The summed E-state index contributed by atoms with van der Waals surface area (Å²) in [5, 5.41) is 14.5. The number of hydrogen-bond donors (Lipinski definition) is 1. The van der Waals surface area contributed by atoms with Crippen molar-refractivity contribution < 1.29 is 9.90 Å². The largest absolute Gasteiger partial charge is 0.506 e. The summed E-state index contributed by atoms with van der Waals surface area (Å²) >= 11 is 0. The van der Waals surface area contributed by atoms with Gasteiger partial charge < -0.3 is 9.67 Å². The first-order valence-electron chi connectivity index (χ1n) is 13.2. The van der Waals surface area contributed by atoms with E-state index in [2.05, 4.69) is 87.4 Å². The second-order valence-corrected chi connectivity index (χ2v) is 11.0. The lowest BCUT2D eigenvalue weighted by Gasteiger charge is -2.31. The van der Waals surface area contributed by atoms with Gasteiger partial charge >= 0.3 is 0 Å². The molecule has 4 aromatic carbocycles. The van der Waals surface area contributed by atoms with E-state index in [1.165, 1.54) is 27.5 Å². The van der Waals surface area contributed by atoms with E-state index in [0.717, 1.165) is 27.7 Å². The summed E-state index contributed by atoms with van der Waals surface area (Å²) < 4.78 is 2.07. The van der Waals surface area contributed by atoms with Crippen molar-refractivity contribution >= 4 is 33.0 Å². The Kier molecular flexibility index (Phi) is 5.69.